The number of benzene rings is 3. The standard InChI is InChI=1S/C22H14Cl2FN3O3/c23-14-7-10-19(17(24)11-14)31-12-20(29)27-28-21(13-5-8-15(25)9-6-13)26-18-4-2-1-3-16(18)22(28)30/h1-11H,12H2,(H,27,29). The Morgan fingerprint density at radius 2 is 1.81 bits per heavy atom. The Kier molecular flexibility index (Phi) is 5.88. The Morgan fingerprint density at radius 1 is 1.06 bits per heavy atom. The molecular formula is C22H14Cl2FN3O3. The van der Waals surface area contributed by atoms with E-state index >= 15 is 0 Å². The van der Waals surface area contributed by atoms with Gasteiger partial charge in [-0.2, -0.15) is 4.68 Å². The lowest BCUT2D eigenvalue weighted by Gasteiger charge is -2.15. The van der Waals surface area contributed by atoms with E-state index in [1.807, 2.05) is 0 Å². The summed E-state index contributed by atoms with van der Waals surface area (Å²) in [6.07, 6.45) is 0. The van der Waals surface area contributed by atoms with Crippen LogP contribution in [0.4, 0.5) is 4.39 Å². The van der Waals surface area contributed by atoms with Crippen molar-refractivity contribution in [3.05, 3.63) is 92.9 Å². The van der Waals surface area contributed by atoms with E-state index in [0.717, 1.165) is 4.68 Å². The Bertz CT molecular complexity index is 1340. The van der Waals surface area contributed by atoms with Crippen LogP contribution in [0.2, 0.25) is 10.0 Å². The Labute approximate surface area is 185 Å². The van der Waals surface area contributed by atoms with Crippen LogP contribution in [0.15, 0.2) is 71.5 Å². The van der Waals surface area contributed by atoms with Crippen LogP contribution in [0.25, 0.3) is 22.3 Å². The minimum Gasteiger partial charge on any atom is -0.482 e. The Hall–Kier alpha value is -3.42. The molecule has 9 heteroatoms. The third-order valence-corrected chi connectivity index (χ3v) is 4.90. The first-order chi connectivity index (χ1) is 14.9. The van der Waals surface area contributed by atoms with Crippen molar-refractivity contribution in [2.45, 2.75) is 0 Å². The maximum atomic E-state index is 13.4. The minimum absolute atomic E-state index is 0.154. The van der Waals surface area contributed by atoms with Crippen molar-refractivity contribution in [1.82, 2.24) is 9.66 Å². The largest absolute Gasteiger partial charge is 0.482 e. The second-order valence-corrected chi connectivity index (χ2v) is 7.34. The maximum Gasteiger partial charge on any atom is 0.280 e. The first-order valence-corrected chi connectivity index (χ1v) is 9.83. The number of rotatable bonds is 5. The number of hydrogen-bond donors (Lipinski definition) is 1. The lowest BCUT2D eigenvalue weighted by Crippen LogP contribution is -2.37. The number of hydrogen-bond acceptors (Lipinski definition) is 4. The molecule has 1 aromatic heterocycles. The lowest BCUT2D eigenvalue weighted by atomic mass is 10.2. The molecule has 31 heavy (non-hydrogen) atoms. The molecule has 4 aromatic rings. The molecule has 6 nitrogen and oxygen atoms in total. The molecule has 0 saturated heterocycles. The zero-order chi connectivity index (χ0) is 22.0. The number of para-hydroxylation sites is 1. The molecule has 0 saturated carbocycles. The predicted molar refractivity (Wildman–Crippen MR) is 118 cm³/mol. The van der Waals surface area contributed by atoms with Gasteiger partial charge in [0.05, 0.1) is 15.9 Å². The molecule has 1 amide bonds. The number of nitrogens with one attached hydrogen (secondary N) is 1. The summed E-state index contributed by atoms with van der Waals surface area (Å²) in [5, 5.41) is 0.992. The fourth-order valence-electron chi connectivity index (χ4n) is 2.92. The van der Waals surface area contributed by atoms with Crippen molar-refractivity contribution < 1.29 is 13.9 Å². The topological polar surface area (TPSA) is 73.2 Å². The normalized spacial score (nSPS) is 10.8. The van der Waals surface area contributed by atoms with Crippen LogP contribution in [0, 0.1) is 5.82 Å². The highest BCUT2D eigenvalue weighted by molar-refractivity contribution is 6.35. The number of nitrogens with zero attached hydrogens (tertiary/aromatic N) is 2. The van der Waals surface area contributed by atoms with E-state index in [1.54, 1.807) is 30.3 Å². The molecule has 0 aliphatic rings. The van der Waals surface area contributed by atoms with Gasteiger partial charge >= 0.3 is 0 Å². The van der Waals surface area contributed by atoms with E-state index in [-0.39, 0.29) is 16.6 Å². The van der Waals surface area contributed by atoms with E-state index in [2.05, 4.69) is 10.4 Å². The highest BCUT2D eigenvalue weighted by Gasteiger charge is 2.16. The molecule has 0 aliphatic carbocycles. The zero-order valence-electron chi connectivity index (χ0n) is 15.8. The van der Waals surface area contributed by atoms with E-state index in [9.17, 15) is 14.0 Å². The smallest absolute Gasteiger partial charge is 0.280 e. The molecule has 0 aliphatic heterocycles. The second kappa shape index (κ2) is 8.75. The van der Waals surface area contributed by atoms with Gasteiger partial charge in [-0.3, -0.25) is 15.0 Å². The van der Waals surface area contributed by atoms with Crippen LogP contribution in [-0.2, 0) is 4.79 Å². The maximum absolute atomic E-state index is 13.4. The molecule has 0 fully saturated rings. The number of carbonyl (C=O) groups is 1. The third-order valence-electron chi connectivity index (χ3n) is 4.37. The van der Waals surface area contributed by atoms with Crippen molar-refractivity contribution >= 4 is 40.0 Å². The van der Waals surface area contributed by atoms with Gasteiger partial charge < -0.3 is 4.74 Å². The summed E-state index contributed by atoms with van der Waals surface area (Å²) >= 11 is 11.9. The second-order valence-electron chi connectivity index (χ2n) is 6.50. The average molecular weight is 458 g/mol. The van der Waals surface area contributed by atoms with Gasteiger partial charge in [0.1, 0.15) is 11.6 Å². The van der Waals surface area contributed by atoms with Gasteiger partial charge in [0, 0.05) is 10.6 Å². The number of ether oxygens (including phenoxy) is 1. The molecule has 156 valence electrons. The number of halogens is 3. The fourth-order valence-corrected chi connectivity index (χ4v) is 3.38. The molecule has 0 unspecified atom stereocenters. The van der Waals surface area contributed by atoms with Gasteiger partial charge in [-0.05, 0) is 54.6 Å². The van der Waals surface area contributed by atoms with E-state index in [0.29, 0.717) is 21.5 Å². The summed E-state index contributed by atoms with van der Waals surface area (Å²) in [4.78, 5) is 30.1. The van der Waals surface area contributed by atoms with E-state index in [1.165, 1.54) is 36.4 Å². The van der Waals surface area contributed by atoms with Crippen LogP contribution < -0.4 is 15.7 Å². The van der Waals surface area contributed by atoms with Crippen LogP contribution in [0.5, 0.6) is 5.75 Å². The van der Waals surface area contributed by atoms with E-state index < -0.39 is 23.9 Å². The molecule has 1 N–H and O–H groups in total. The van der Waals surface area contributed by atoms with Crippen LogP contribution in [-0.4, -0.2) is 22.2 Å². The first kappa shape index (κ1) is 20.8. The third kappa shape index (κ3) is 4.52. The summed E-state index contributed by atoms with van der Waals surface area (Å²) in [7, 11) is 0. The number of fused-ring (bicyclic) bond motifs is 1. The lowest BCUT2D eigenvalue weighted by molar-refractivity contribution is -0.119. The van der Waals surface area contributed by atoms with Gasteiger partial charge in [-0.1, -0.05) is 35.3 Å². The van der Waals surface area contributed by atoms with Gasteiger partial charge in [-0.15, -0.1) is 0 Å². The number of amides is 1. The van der Waals surface area contributed by atoms with Gasteiger partial charge in [0.2, 0.25) is 0 Å². The summed E-state index contributed by atoms with van der Waals surface area (Å²) in [5.41, 5.74) is 2.91. The highest BCUT2D eigenvalue weighted by atomic mass is 35.5. The number of carbonyl (C=O) groups excluding carboxylic acids is 1. The van der Waals surface area contributed by atoms with Gasteiger partial charge in [0.25, 0.3) is 11.5 Å². The quantitative estimate of drug-likeness (QED) is 0.472. The van der Waals surface area contributed by atoms with Crippen LogP contribution in [0.3, 0.4) is 0 Å². The number of aromatic nitrogens is 2. The first-order valence-electron chi connectivity index (χ1n) is 9.08. The Balaban J connectivity index is 1.67. The molecule has 1 heterocycles. The molecule has 0 radical (unpaired) electrons. The van der Waals surface area contributed by atoms with Crippen molar-refractivity contribution in [3.63, 3.8) is 0 Å². The molecular weight excluding hydrogens is 444 g/mol. The van der Waals surface area contributed by atoms with Crippen molar-refractivity contribution in [2.75, 3.05) is 12.0 Å². The summed E-state index contributed by atoms with van der Waals surface area (Å²) in [5.74, 6) is -0.630. The zero-order valence-corrected chi connectivity index (χ0v) is 17.3. The SMILES string of the molecule is O=C(COc1ccc(Cl)cc1Cl)Nn1c(-c2ccc(F)cc2)nc2ccccc2c1=O. The van der Waals surface area contributed by atoms with Crippen molar-refractivity contribution in [1.29, 1.82) is 0 Å². The molecule has 3 aromatic carbocycles. The average Bonchev–Trinajstić information content (AvgIpc) is 2.75. The highest BCUT2D eigenvalue weighted by Crippen LogP contribution is 2.27. The van der Waals surface area contributed by atoms with Crippen molar-refractivity contribution in [2.24, 2.45) is 0 Å². The van der Waals surface area contributed by atoms with Crippen LogP contribution in [0.1, 0.15) is 0 Å². The monoisotopic (exact) mass is 457 g/mol. The molecule has 0 atom stereocenters. The molecule has 0 bridgehead atoms. The minimum atomic E-state index is -0.617. The van der Waals surface area contributed by atoms with Gasteiger partial charge in [-0.25, -0.2) is 9.37 Å². The fraction of sp³-hybridized carbons (Fsp3) is 0.0455. The summed E-state index contributed by atoms with van der Waals surface area (Å²) in [6, 6.07) is 16.8. The Morgan fingerprint density at radius 3 is 2.55 bits per heavy atom. The van der Waals surface area contributed by atoms with Crippen molar-refractivity contribution in [3.8, 4) is 17.1 Å². The van der Waals surface area contributed by atoms with Gasteiger partial charge in [0.15, 0.2) is 12.4 Å². The van der Waals surface area contributed by atoms with Crippen LogP contribution >= 0.6 is 23.2 Å². The molecule has 0 spiro atoms. The predicted octanol–water partition coefficient (Wildman–Crippen LogP) is 4.66. The summed E-state index contributed by atoms with van der Waals surface area (Å²) < 4.78 is 19.8. The molecule has 4 rings (SSSR count). The summed E-state index contributed by atoms with van der Waals surface area (Å²) in [6.45, 7) is -0.413. The van der Waals surface area contributed by atoms with E-state index in [4.69, 9.17) is 27.9 Å².